The fourth-order valence-electron chi connectivity index (χ4n) is 3.22. The number of piperidine rings is 1. The van der Waals surface area contributed by atoms with E-state index in [1.165, 1.54) is 0 Å². The first-order valence-electron chi connectivity index (χ1n) is 8.42. The first kappa shape index (κ1) is 21.1. The number of halogens is 7. The van der Waals surface area contributed by atoms with Crippen molar-refractivity contribution in [1.82, 2.24) is 15.5 Å². The van der Waals surface area contributed by atoms with E-state index in [2.05, 4.69) is 14.8 Å². The third-order valence-corrected chi connectivity index (χ3v) is 4.61. The van der Waals surface area contributed by atoms with Crippen LogP contribution in [0.4, 0.5) is 36.4 Å². The van der Waals surface area contributed by atoms with Gasteiger partial charge >= 0.3 is 11.9 Å². The molecule has 0 unspecified atom stereocenters. The van der Waals surface area contributed by atoms with Gasteiger partial charge < -0.3 is 15.1 Å². The Morgan fingerprint density at radius 1 is 1.21 bits per heavy atom. The van der Waals surface area contributed by atoms with Crippen molar-refractivity contribution in [2.75, 3.05) is 18.4 Å². The molecule has 1 fully saturated rings. The topological polar surface area (TPSA) is 83.0 Å². The van der Waals surface area contributed by atoms with Crippen LogP contribution in [0.3, 0.4) is 0 Å². The molecular formula is C16H15F7N4O2. The highest BCUT2D eigenvalue weighted by atomic mass is 19.4. The van der Waals surface area contributed by atoms with Crippen LogP contribution in [0.5, 0.6) is 0 Å². The van der Waals surface area contributed by atoms with Crippen molar-refractivity contribution >= 4 is 5.69 Å². The van der Waals surface area contributed by atoms with Gasteiger partial charge in [0.15, 0.2) is 0 Å². The quantitative estimate of drug-likeness (QED) is 0.637. The molecule has 0 spiro atoms. The third kappa shape index (κ3) is 4.38. The summed E-state index contributed by atoms with van der Waals surface area (Å²) in [4.78, 5) is 11.0. The summed E-state index contributed by atoms with van der Waals surface area (Å²) in [5, 5.41) is 9.83. The number of rotatable bonds is 5. The minimum atomic E-state index is -5.26. The number of nitrogens with one attached hydrogen (secondary N) is 3. The average molecular weight is 428 g/mol. The van der Waals surface area contributed by atoms with Gasteiger partial charge in [-0.15, -0.1) is 5.10 Å². The van der Waals surface area contributed by atoms with Gasteiger partial charge in [0.25, 0.3) is 6.43 Å². The lowest BCUT2D eigenvalue weighted by molar-refractivity contribution is -0.139. The monoisotopic (exact) mass is 428 g/mol. The Bertz CT molecular complexity index is 919. The number of aromatic amines is 1. The second-order valence-corrected chi connectivity index (χ2v) is 6.54. The first-order valence-corrected chi connectivity index (χ1v) is 8.42. The van der Waals surface area contributed by atoms with Crippen molar-refractivity contribution < 1.29 is 35.2 Å². The zero-order chi connectivity index (χ0) is 21.4. The van der Waals surface area contributed by atoms with Crippen LogP contribution in [-0.2, 0) is 6.18 Å². The van der Waals surface area contributed by atoms with Gasteiger partial charge in [-0.3, -0.25) is 0 Å². The predicted molar refractivity (Wildman–Crippen MR) is 86.9 cm³/mol. The maximum absolute atomic E-state index is 15.1. The lowest BCUT2D eigenvalue weighted by Gasteiger charge is -2.38. The summed E-state index contributed by atoms with van der Waals surface area (Å²) in [5.74, 6) is -3.44. The smallest absolute Gasteiger partial charge is 0.388 e. The zero-order valence-corrected chi connectivity index (χ0v) is 14.5. The van der Waals surface area contributed by atoms with Gasteiger partial charge in [0.05, 0.1) is 5.69 Å². The average Bonchev–Trinajstić information content (AvgIpc) is 3.04. The molecule has 160 valence electrons. The second-order valence-electron chi connectivity index (χ2n) is 6.54. The van der Waals surface area contributed by atoms with E-state index in [0.717, 1.165) is 0 Å². The van der Waals surface area contributed by atoms with Crippen molar-refractivity contribution in [1.29, 1.82) is 0 Å². The number of hydrogen-bond donors (Lipinski definition) is 3. The lowest BCUT2D eigenvalue weighted by Crippen LogP contribution is -2.53. The summed E-state index contributed by atoms with van der Waals surface area (Å²) in [6.07, 6.45) is -9.38. The molecule has 0 amide bonds. The second kappa shape index (κ2) is 7.69. The van der Waals surface area contributed by atoms with Gasteiger partial charge in [-0.05, 0) is 38.1 Å². The van der Waals surface area contributed by atoms with Gasteiger partial charge in [0.1, 0.15) is 23.1 Å². The number of anilines is 1. The minimum absolute atomic E-state index is 0.0559. The molecule has 6 nitrogen and oxygen atoms in total. The molecule has 1 aliphatic rings. The zero-order valence-electron chi connectivity index (χ0n) is 14.5. The molecule has 1 saturated heterocycles. The molecule has 0 saturated carbocycles. The van der Waals surface area contributed by atoms with Crippen LogP contribution in [0.15, 0.2) is 21.3 Å². The molecule has 0 bridgehead atoms. The number of H-pyrrole nitrogens is 1. The van der Waals surface area contributed by atoms with E-state index in [1.54, 1.807) is 0 Å². The van der Waals surface area contributed by atoms with Crippen LogP contribution in [-0.4, -0.2) is 41.4 Å². The van der Waals surface area contributed by atoms with Crippen molar-refractivity contribution in [2.24, 2.45) is 0 Å². The Kier molecular flexibility index (Phi) is 5.61. The molecule has 1 aliphatic heterocycles. The molecule has 1 atom stereocenters. The van der Waals surface area contributed by atoms with Gasteiger partial charge in [0, 0.05) is 5.56 Å². The van der Waals surface area contributed by atoms with Gasteiger partial charge in [0.2, 0.25) is 5.89 Å². The molecule has 1 aromatic carbocycles. The third-order valence-electron chi connectivity index (χ3n) is 4.61. The van der Waals surface area contributed by atoms with E-state index in [9.17, 15) is 31.1 Å². The van der Waals surface area contributed by atoms with E-state index in [4.69, 9.17) is 0 Å². The largest absolute Gasteiger partial charge is 0.434 e. The Balaban J connectivity index is 2.09. The molecule has 1 aromatic heterocycles. The predicted octanol–water partition coefficient (Wildman–Crippen LogP) is 3.33. The van der Waals surface area contributed by atoms with Crippen LogP contribution in [0.2, 0.25) is 0 Å². The number of aromatic nitrogens is 2. The van der Waals surface area contributed by atoms with E-state index in [1.807, 2.05) is 10.4 Å². The number of hydrogen-bond acceptors (Lipinski definition) is 5. The van der Waals surface area contributed by atoms with Crippen LogP contribution in [0, 0.1) is 5.82 Å². The first-order chi connectivity index (χ1) is 13.5. The molecule has 2 aromatic rings. The van der Waals surface area contributed by atoms with Crippen molar-refractivity contribution in [3.63, 3.8) is 0 Å². The van der Waals surface area contributed by atoms with Gasteiger partial charge in [-0.25, -0.2) is 27.5 Å². The van der Waals surface area contributed by atoms with Crippen molar-refractivity contribution in [3.8, 4) is 11.5 Å². The lowest BCUT2D eigenvalue weighted by atomic mass is 9.86. The Labute approximate surface area is 158 Å². The summed E-state index contributed by atoms with van der Waals surface area (Å²) in [5.41, 5.74) is -5.93. The van der Waals surface area contributed by atoms with Gasteiger partial charge in [-0.1, -0.05) is 0 Å². The molecule has 0 radical (unpaired) electrons. The Morgan fingerprint density at radius 2 is 1.86 bits per heavy atom. The van der Waals surface area contributed by atoms with Crippen LogP contribution in [0.1, 0.15) is 18.4 Å². The number of alkyl halides is 6. The molecule has 29 heavy (non-hydrogen) atoms. The fourth-order valence-corrected chi connectivity index (χ4v) is 3.22. The van der Waals surface area contributed by atoms with E-state index < -0.39 is 58.6 Å². The van der Waals surface area contributed by atoms with Gasteiger partial charge in [-0.2, -0.15) is 13.2 Å². The van der Waals surface area contributed by atoms with E-state index in [-0.39, 0.29) is 25.9 Å². The Morgan fingerprint density at radius 3 is 2.38 bits per heavy atom. The maximum Gasteiger partial charge on any atom is 0.434 e. The summed E-state index contributed by atoms with van der Waals surface area (Å²) in [6.45, 7) is 0.112. The van der Waals surface area contributed by atoms with Crippen LogP contribution >= 0.6 is 0 Å². The summed E-state index contributed by atoms with van der Waals surface area (Å²) < 4.78 is 101. The highest BCUT2D eigenvalue weighted by molar-refractivity contribution is 5.66. The standard InChI is InChI=1S/C16H15F7N4O2/c17-8-5-7(13-26-27-14(28)29-13)6-9(10(8)16(21,22)23)25-11(12(18)19)15(20)1-3-24-4-2-15/h5-6,11-12,24-25H,1-4H2,(H,27,28)/t11-/m0/s1. The molecule has 13 heteroatoms. The highest BCUT2D eigenvalue weighted by Crippen LogP contribution is 2.41. The summed E-state index contributed by atoms with van der Waals surface area (Å²) in [7, 11) is 0. The normalized spacial score (nSPS) is 18.1. The van der Waals surface area contributed by atoms with Crippen LogP contribution < -0.4 is 16.4 Å². The fraction of sp³-hybridized carbons (Fsp3) is 0.500. The van der Waals surface area contributed by atoms with Crippen molar-refractivity contribution in [2.45, 2.75) is 37.2 Å². The summed E-state index contributed by atoms with van der Waals surface area (Å²) >= 11 is 0. The molecular weight excluding hydrogens is 413 g/mol. The van der Waals surface area contributed by atoms with Crippen LogP contribution in [0.25, 0.3) is 11.5 Å². The number of benzene rings is 1. The highest BCUT2D eigenvalue weighted by Gasteiger charge is 2.47. The van der Waals surface area contributed by atoms with E-state index >= 15 is 4.39 Å². The molecule has 2 heterocycles. The van der Waals surface area contributed by atoms with Crippen molar-refractivity contribution in [3.05, 3.63) is 34.1 Å². The molecule has 3 rings (SSSR count). The van der Waals surface area contributed by atoms with E-state index in [0.29, 0.717) is 12.1 Å². The molecule has 3 N–H and O–H groups in total. The number of nitrogens with zero attached hydrogens (tertiary/aromatic N) is 1. The summed E-state index contributed by atoms with van der Waals surface area (Å²) in [6, 6.07) is -1.31. The molecule has 0 aliphatic carbocycles. The Hall–Kier alpha value is -2.57. The SMILES string of the molecule is O=c1[nH]nc(-c2cc(F)c(C(F)(F)F)c(N[C@@H](C(F)F)C3(F)CCNCC3)c2)o1. The maximum atomic E-state index is 15.1. The minimum Gasteiger partial charge on any atom is -0.388 e.